The number of nitrogens with zero attached hydrogens (tertiary/aromatic N) is 1. The molecule has 0 fully saturated rings. The molecule has 1 atom stereocenters. The number of phenolic OH excluding ortho intramolecular Hbond substituents is 1. The first-order chi connectivity index (χ1) is 13.6. The van der Waals surface area contributed by atoms with E-state index in [9.17, 15) is 5.11 Å². The fourth-order valence-corrected chi connectivity index (χ4v) is 3.41. The summed E-state index contributed by atoms with van der Waals surface area (Å²) in [7, 11) is 0. The normalized spacial score (nSPS) is 12.8. The number of aromatic hydroxyl groups is 1. The van der Waals surface area contributed by atoms with Crippen LogP contribution in [0.2, 0.25) is 0 Å². The molecule has 0 aliphatic carbocycles. The molecular weight excluding hydrogens is 342 g/mol. The molecule has 0 aliphatic rings. The first-order valence-corrected chi connectivity index (χ1v) is 10.5. The predicted octanol–water partition coefficient (Wildman–Crippen LogP) is 7.13. The molecule has 2 rings (SSSR count). The average Bonchev–Trinajstić information content (AvgIpc) is 2.72. The van der Waals surface area contributed by atoms with Crippen LogP contribution in [0.1, 0.15) is 64.0 Å². The van der Waals surface area contributed by atoms with Gasteiger partial charge in [-0.2, -0.15) is 0 Å². The second kappa shape index (κ2) is 13.8. The first-order valence-electron chi connectivity index (χ1n) is 10.5. The lowest BCUT2D eigenvalue weighted by molar-refractivity contribution is 0.378. The molecular formula is C26H37NO. The molecule has 152 valence electrons. The van der Waals surface area contributed by atoms with Crippen LogP contribution < -0.4 is 0 Å². The maximum Gasteiger partial charge on any atom is 0.115 e. The Morgan fingerprint density at radius 2 is 1.79 bits per heavy atom. The largest absolute Gasteiger partial charge is 0.508 e. The SMILES string of the molecule is C=CC.CCCC[C@](CC)(CC=NCCc1ccccc1)c1cccc(O)c1. The highest BCUT2D eigenvalue weighted by Crippen LogP contribution is 2.37. The van der Waals surface area contributed by atoms with Gasteiger partial charge in [-0.3, -0.25) is 4.99 Å². The molecule has 0 bridgehead atoms. The molecule has 2 heteroatoms. The van der Waals surface area contributed by atoms with E-state index in [2.05, 4.69) is 62.0 Å². The van der Waals surface area contributed by atoms with Gasteiger partial charge >= 0.3 is 0 Å². The van der Waals surface area contributed by atoms with Crippen LogP contribution in [-0.4, -0.2) is 17.9 Å². The Morgan fingerprint density at radius 3 is 2.39 bits per heavy atom. The standard InChI is InChI=1S/C23H31NO.C3H6/c1-3-5-15-23(4-2,21-12-9-13-22(25)19-21)16-18-24-17-14-20-10-7-6-8-11-20;1-3-2/h6-13,18-19,25H,3-5,14-17H2,1-2H3;3H,1H2,2H3/t23-;/m1./s1. The number of rotatable bonds is 10. The summed E-state index contributed by atoms with van der Waals surface area (Å²) in [6.07, 6.45) is 10.3. The van der Waals surface area contributed by atoms with Crippen molar-refractivity contribution in [3.8, 4) is 5.75 Å². The Balaban J connectivity index is 0.00000122. The van der Waals surface area contributed by atoms with E-state index in [4.69, 9.17) is 0 Å². The van der Waals surface area contributed by atoms with E-state index in [1.165, 1.54) is 24.0 Å². The van der Waals surface area contributed by atoms with Crippen molar-refractivity contribution in [2.24, 2.45) is 4.99 Å². The maximum atomic E-state index is 9.90. The molecule has 1 N–H and O–H groups in total. The van der Waals surface area contributed by atoms with Gasteiger partial charge in [-0.1, -0.05) is 75.2 Å². The van der Waals surface area contributed by atoms with Gasteiger partial charge < -0.3 is 5.11 Å². The van der Waals surface area contributed by atoms with Crippen LogP contribution in [-0.2, 0) is 11.8 Å². The summed E-state index contributed by atoms with van der Waals surface area (Å²) in [4.78, 5) is 4.67. The highest BCUT2D eigenvalue weighted by molar-refractivity contribution is 5.60. The fourth-order valence-electron chi connectivity index (χ4n) is 3.41. The van der Waals surface area contributed by atoms with E-state index in [-0.39, 0.29) is 5.41 Å². The topological polar surface area (TPSA) is 32.6 Å². The van der Waals surface area contributed by atoms with Gasteiger partial charge in [0.25, 0.3) is 0 Å². The van der Waals surface area contributed by atoms with Crippen LogP contribution in [0.3, 0.4) is 0 Å². The molecule has 2 nitrogen and oxygen atoms in total. The second-order valence-corrected chi connectivity index (χ2v) is 7.22. The van der Waals surface area contributed by atoms with Crippen molar-refractivity contribution in [2.75, 3.05) is 6.54 Å². The van der Waals surface area contributed by atoms with Gasteiger partial charge in [0.15, 0.2) is 0 Å². The number of unbranched alkanes of at least 4 members (excludes halogenated alkanes) is 1. The number of phenols is 1. The molecule has 0 spiro atoms. The van der Waals surface area contributed by atoms with Crippen molar-refractivity contribution in [3.63, 3.8) is 0 Å². The summed E-state index contributed by atoms with van der Waals surface area (Å²) >= 11 is 0. The van der Waals surface area contributed by atoms with Crippen molar-refractivity contribution in [1.29, 1.82) is 0 Å². The van der Waals surface area contributed by atoms with Crippen LogP contribution >= 0.6 is 0 Å². The second-order valence-electron chi connectivity index (χ2n) is 7.22. The summed E-state index contributed by atoms with van der Waals surface area (Å²) in [6, 6.07) is 18.3. The highest BCUT2D eigenvalue weighted by atomic mass is 16.3. The number of allylic oxidation sites excluding steroid dienone is 1. The van der Waals surface area contributed by atoms with E-state index >= 15 is 0 Å². The molecule has 2 aromatic rings. The maximum absolute atomic E-state index is 9.90. The van der Waals surface area contributed by atoms with Crippen molar-refractivity contribution < 1.29 is 5.11 Å². The van der Waals surface area contributed by atoms with Gasteiger partial charge in [0, 0.05) is 12.0 Å². The Labute approximate surface area is 172 Å². The minimum absolute atomic E-state index is 0.0744. The van der Waals surface area contributed by atoms with E-state index in [1.807, 2.05) is 25.1 Å². The van der Waals surface area contributed by atoms with Crippen LogP contribution in [0.5, 0.6) is 5.75 Å². The molecule has 0 saturated heterocycles. The number of hydrogen-bond acceptors (Lipinski definition) is 2. The Kier molecular flexibility index (Phi) is 11.6. The van der Waals surface area contributed by atoms with Crippen molar-refractivity contribution >= 4 is 6.21 Å². The summed E-state index contributed by atoms with van der Waals surface area (Å²) in [5, 5.41) is 9.90. The van der Waals surface area contributed by atoms with E-state index in [0.717, 1.165) is 32.2 Å². The van der Waals surface area contributed by atoms with E-state index in [0.29, 0.717) is 5.75 Å². The molecule has 2 aromatic carbocycles. The number of benzene rings is 2. The summed E-state index contributed by atoms with van der Waals surface area (Å²) in [5.41, 5.74) is 2.64. The summed E-state index contributed by atoms with van der Waals surface area (Å²) < 4.78 is 0. The quantitative estimate of drug-likeness (QED) is 0.346. The lowest BCUT2D eigenvalue weighted by Gasteiger charge is -2.32. The van der Waals surface area contributed by atoms with Gasteiger partial charge in [0.2, 0.25) is 0 Å². The third-order valence-electron chi connectivity index (χ3n) is 5.13. The Hall–Kier alpha value is -2.35. The summed E-state index contributed by atoms with van der Waals surface area (Å²) in [5.74, 6) is 0.354. The third-order valence-corrected chi connectivity index (χ3v) is 5.13. The molecule has 0 radical (unpaired) electrons. The van der Waals surface area contributed by atoms with E-state index < -0.39 is 0 Å². The molecule has 0 aromatic heterocycles. The molecule has 0 unspecified atom stereocenters. The van der Waals surface area contributed by atoms with Gasteiger partial charge in [-0.15, -0.1) is 6.58 Å². The van der Waals surface area contributed by atoms with Crippen LogP contribution in [0, 0.1) is 0 Å². The van der Waals surface area contributed by atoms with E-state index in [1.54, 1.807) is 12.1 Å². The average molecular weight is 380 g/mol. The summed E-state index contributed by atoms with van der Waals surface area (Å²) in [6.45, 7) is 10.6. The number of hydrogen-bond donors (Lipinski definition) is 1. The monoisotopic (exact) mass is 379 g/mol. The molecule has 28 heavy (non-hydrogen) atoms. The van der Waals surface area contributed by atoms with Gasteiger partial charge in [-0.25, -0.2) is 0 Å². The number of aliphatic imine (C=N–C) groups is 1. The van der Waals surface area contributed by atoms with Crippen molar-refractivity contribution in [2.45, 2.75) is 64.7 Å². The van der Waals surface area contributed by atoms with Gasteiger partial charge in [-0.05, 0) is 62.1 Å². The van der Waals surface area contributed by atoms with Gasteiger partial charge in [0.05, 0.1) is 0 Å². The predicted molar refractivity (Wildman–Crippen MR) is 124 cm³/mol. The molecule has 0 saturated carbocycles. The zero-order valence-electron chi connectivity index (χ0n) is 17.9. The first kappa shape index (κ1) is 23.7. The Morgan fingerprint density at radius 1 is 1.07 bits per heavy atom. The zero-order chi connectivity index (χ0) is 20.7. The Bertz CT molecular complexity index is 693. The molecule has 0 heterocycles. The minimum atomic E-state index is 0.0744. The molecule has 0 amide bonds. The third kappa shape index (κ3) is 8.12. The highest BCUT2D eigenvalue weighted by Gasteiger charge is 2.29. The van der Waals surface area contributed by atoms with Crippen molar-refractivity contribution in [3.05, 3.63) is 78.4 Å². The van der Waals surface area contributed by atoms with Crippen LogP contribution in [0.15, 0.2) is 72.2 Å². The fraction of sp³-hybridized carbons (Fsp3) is 0.423. The minimum Gasteiger partial charge on any atom is -0.508 e. The smallest absolute Gasteiger partial charge is 0.115 e. The van der Waals surface area contributed by atoms with Crippen LogP contribution in [0.25, 0.3) is 0 Å². The molecule has 0 aliphatic heterocycles. The zero-order valence-corrected chi connectivity index (χ0v) is 17.9. The van der Waals surface area contributed by atoms with Crippen molar-refractivity contribution in [1.82, 2.24) is 0 Å². The lowest BCUT2D eigenvalue weighted by Crippen LogP contribution is -2.26. The lowest BCUT2D eigenvalue weighted by atomic mass is 9.72. The van der Waals surface area contributed by atoms with Crippen LogP contribution in [0.4, 0.5) is 0 Å². The van der Waals surface area contributed by atoms with Gasteiger partial charge in [0.1, 0.15) is 5.75 Å².